The zero-order valence-electron chi connectivity index (χ0n) is 11.2. The molecule has 1 aromatic carbocycles. The molecule has 1 amide bonds. The predicted octanol–water partition coefficient (Wildman–Crippen LogP) is 2.95. The largest absolute Gasteiger partial charge is 0.467 e. The summed E-state index contributed by atoms with van der Waals surface area (Å²) in [6, 6.07) is 9.40. The van der Waals surface area contributed by atoms with Gasteiger partial charge in [0.1, 0.15) is 5.76 Å². The molecule has 0 radical (unpaired) electrons. The molecule has 0 bridgehead atoms. The van der Waals surface area contributed by atoms with Gasteiger partial charge in [0.15, 0.2) is 0 Å². The van der Waals surface area contributed by atoms with E-state index in [-0.39, 0.29) is 5.91 Å². The monoisotopic (exact) mass is 258 g/mol. The van der Waals surface area contributed by atoms with Crippen molar-refractivity contribution in [1.82, 2.24) is 5.32 Å². The molecule has 2 rings (SSSR count). The van der Waals surface area contributed by atoms with E-state index in [1.54, 1.807) is 6.26 Å². The quantitative estimate of drug-likeness (QED) is 0.867. The number of rotatable bonds is 5. The summed E-state index contributed by atoms with van der Waals surface area (Å²) in [6.45, 7) is 5.14. The van der Waals surface area contributed by atoms with E-state index in [0.29, 0.717) is 18.7 Å². The summed E-state index contributed by atoms with van der Waals surface area (Å²) in [5.41, 5.74) is 2.70. The lowest BCUT2D eigenvalue weighted by Crippen LogP contribution is -2.22. The molecule has 100 valence electrons. The van der Waals surface area contributed by atoms with Crippen LogP contribution in [-0.2, 0) is 6.54 Å². The Balaban J connectivity index is 2.10. The van der Waals surface area contributed by atoms with Gasteiger partial charge in [-0.2, -0.15) is 0 Å². The Morgan fingerprint density at radius 2 is 2.16 bits per heavy atom. The highest BCUT2D eigenvalue weighted by atomic mass is 16.3. The van der Waals surface area contributed by atoms with Crippen LogP contribution in [0.4, 0.5) is 5.69 Å². The SMILES string of the molecule is CCNC(=O)c1ccc(C)c(NCc2ccco2)c1. The standard InChI is InChI=1S/C15H18N2O2/c1-3-16-15(18)12-7-6-11(2)14(9-12)17-10-13-5-4-8-19-13/h4-9,17H,3,10H2,1-2H3,(H,16,18). The summed E-state index contributed by atoms with van der Waals surface area (Å²) in [5.74, 6) is 0.811. The van der Waals surface area contributed by atoms with Crippen molar-refractivity contribution >= 4 is 11.6 Å². The minimum atomic E-state index is -0.0523. The molecule has 0 saturated heterocycles. The van der Waals surface area contributed by atoms with Crippen molar-refractivity contribution in [3.8, 4) is 0 Å². The first-order valence-corrected chi connectivity index (χ1v) is 6.36. The molecule has 1 heterocycles. The third-order valence-electron chi connectivity index (χ3n) is 2.87. The molecular weight excluding hydrogens is 240 g/mol. The lowest BCUT2D eigenvalue weighted by Gasteiger charge is -2.10. The van der Waals surface area contributed by atoms with E-state index in [2.05, 4.69) is 10.6 Å². The smallest absolute Gasteiger partial charge is 0.251 e. The molecule has 0 fully saturated rings. The Labute approximate surface area is 112 Å². The highest BCUT2D eigenvalue weighted by Gasteiger charge is 2.07. The van der Waals surface area contributed by atoms with Gasteiger partial charge < -0.3 is 15.1 Å². The topological polar surface area (TPSA) is 54.3 Å². The van der Waals surface area contributed by atoms with Crippen molar-refractivity contribution in [3.05, 3.63) is 53.5 Å². The Morgan fingerprint density at radius 3 is 2.84 bits per heavy atom. The fourth-order valence-corrected chi connectivity index (χ4v) is 1.81. The Morgan fingerprint density at radius 1 is 1.32 bits per heavy atom. The number of furan rings is 1. The number of hydrogen-bond donors (Lipinski definition) is 2. The zero-order valence-corrected chi connectivity index (χ0v) is 11.2. The predicted molar refractivity (Wildman–Crippen MR) is 75.2 cm³/mol. The van der Waals surface area contributed by atoms with Gasteiger partial charge >= 0.3 is 0 Å². The summed E-state index contributed by atoms with van der Waals surface area (Å²) in [7, 11) is 0. The molecule has 4 heteroatoms. The van der Waals surface area contributed by atoms with Crippen LogP contribution in [-0.4, -0.2) is 12.5 Å². The van der Waals surface area contributed by atoms with Crippen LogP contribution >= 0.6 is 0 Å². The van der Waals surface area contributed by atoms with E-state index < -0.39 is 0 Å². The summed E-state index contributed by atoms with van der Waals surface area (Å²) in [5, 5.41) is 6.07. The van der Waals surface area contributed by atoms with Crippen molar-refractivity contribution in [2.75, 3.05) is 11.9 Å². The molecule has 4 nitrogen and oxygen atoms in total. The van der Waals surface area contributed by atoms with Gasteiger partial charge in [-0.15, -0.1) is 0 Å². The normalized spacial score (nSPS) is 10.2. The fourth-order valence-electron chi connectivity index (χ4n) is 1.81. The molecule has 0 aliphatic heterocycles. The first-order valence-electron chi connectivity index (χ1n) is 6.36. The number of amides is 1. The highest BCUT2D eigenvalue weighted by molar-refractivity contribution is 5.95. The molecule has 0 atom stereocenters. The molecule has 0 aliphatic carbocycles. The Kier molecular flexibility index (Phi) is 4.23. The summed E-state index contributed by atoms with van der Waals surface area (Å²) in [6.07, 6.45) is 1.65. The number of carbonyl (C=O) groups is 1. The molecule has 0 saturated carbocycles. The van der Waals surface area contributed by atoms with Crippen LogP contribution < -0.4 is 10.6 Å². The zero-order chi connectivity index (χ0) is 13.7. The molecule has 0 spiro atoms. The molecule has 0 aliphatic rings. The molecular formula is C15H18N2O2. The molecule has 0 unspecified atom stereocenters. The van der Waals surface area contributed by atoms with Gasteiger partial charge in [-0.25, -0.2) is 0 Å². The second kappa shape index (κ2) is 6.09. The third kappa shape index (κ3) is 3.37. The van der Waals surface area contributed by atoms with Crippen LogP contribution in [0.5, 0.6) is 0 Å². The molecule has 19 heavy (non-hydrogen) atoms. The van der Waals surface area contributed by atoms with Crippen molar-refractivity contribution in [2.45, 2.75) is 20.4 Å². The maximum atomic E-state index is 11.8. The molecule has 1 aromatic heterocycles. The first-order chi connectivity index (χ1) is 9.20. The van der Waals surface area contributed by atoms with Crippen LogP contribution in [0.2, 0.25) is 0 Å². The van der Waals surface area contributed by atoms with E-state index in [9.17, 15) is 4.79 Å². The van der Waals surface area contributed by atoms with E-state index in [1.165, 1.54) is 0 Å². The fraction of sp³-hybridized carbons (Fsp3) is 0.267. The Hall–Kier alpha value is -2.23. The highest BCUT2D eigenvalue weighted by Crippen LogP contribution is 2.18. The average molecular weight is 258 g/mol. The minimum absolute atomic E-state index is 0.0523. The first kappa shape index (κ1) is 13.2. The van der Waals surface area contributed by atoms with Crippen LogP contribution in [0.15, 0.2) is 41.0 Å². The number of anilines is 1. The van der Waals surface area contributed by atoms with Crippen LogP contribution in [0.1, 0.15) is 28.6 Å². The van der Waals surface area contributed by atoms with Crippen molar-refractivity contribution in [3.63, 3.8) is 0 Å². The van der Waals surface area contributed by atoms with Gasteiger partial charge in [-0.1, -0.05) is 6.07 Å². The van der Waals surface area contributed by atoms with Crippen molar-refractivity contribution in [2.24, 2.45) is 0 Å². The van der Waals surface area contributed by atoms with Gasteiger partial charge in [0, 0.05) is 17.8 Å². The molecule has 2 N–H and O–H groups in total. The van der Waals surface area contributed by atoms with Gasteiger partial charge in [0.05, 0.1) is 12.8 Å². The van der Waals surface area contributed by atoms with Crippen LogP contribution in [0.25, 0.3) is 0 Å². The number of benzene rings is 1. The minimum Gasteiger partial charge on any atom is -0.467 e. The van der Waals surface area contributed by atoms with Gasteiger partial charge in [0.2, 0.25) is 0 Å². The number of hydrogen-bond acceptors (Lipinski definition) is 3. The van der Waals surface area contributed by atoms with Crippen molar-refractivity contribution < 1.29 is 9.21 Å². The van der Waals surface area contributed by atoms with Crippen molar-refractivity contribution in [1.29, 1.82) is 0 Å². The molecule has 2 aromatic rings. The lowest BCUT2D eigenvalue weighted by atomic mass is 10.1. The average Bonchev–Trinajstić information content (AvgIpc) is 2.91. The van der Waals surface area contributed by atoms with Gasteiger partial charge in [-0.3, -0.25) is 4.79 Å². The summed E-state index contributed by atoms with van der Waals surface area (Å²) < 4.78 is 5.27. The maximum Gasteiger partial charge on any atom is 0.251 e. The number of carbonyl (C=O) groups excluding carboxylic acids is 1. The summed E-state index contributed by atoms with van der Waals surface area (Å²) in [4.78, 5) is 11.8. The van der Waals surface area contributed by atoms with E-state index >= 15 is 0 Å². The van der Waals surface area contributed by atoms with Gasteiger partial charge in [0.25, 0.3) is 5.91 Å². The third-order valence-corrected chi connectivity index (χ3v) is 2.87. The lowest BCUT2D eigenvalue weighted by molar-refractivity contribution is 0.0956. The summed E-state index contributed by atoms with van der Waals surface area (Å²) >= 11 is 0. The van der Waals surface area contributed by atoms with E-state index in [0.717, 1.165) is 17.0 Å². The number of aryl methyl sites for hydroxylation is 1. The van der Waals surface area contributed by atoms with E-state index in [1.807, 2.05) is 44.2 Å². The second-order valence-corrected chi connectivity index (χ2v) is 4.32. The van der Waals surface area contributed by atoms with Gasteiger partial charge in [-0.05, 0) is 43.7 Å². The Bertz CT molecular complexity index is 547. The second-order valence-electron chi connectivity index (χ2n) is 4.32. The van der Waals surface area contributed by atoms with Crippen LogP contribution in [0, 0.1) is 6.92 Å². The van der Waals surface area contributed by atoms with E-state index in [4.69, 9.17) is 4.42 Å². The maximum absolute atomic E-state index is 11.8. The van der Waals surface area contributed by atoms with Crippen LogP contribution in [0.3, 0.4) is 0 Å². The number of nitrogens with one attached hydrogen (secondary N) is 2.